The maximum Gasteiger partial charge on any atom is 0.237 e. The van der Waals surface area contributed by atoms with Crippen LogP contribution in [-0.4, -0.2) is 24.1 Å². The minimum absolute atomic E-state index is 0.0116. The molecule has 0 spiro atoms. The first kappa shape index (κ1) is 17.5. The van der Waals surface area contributed by atoms with Gasteiger partial charge in [0, 0.05) is 17.9 Å². The predicted octanol–water partition coefficient (Wildman–Crippen LogP) is 3.78. The molecule has 4 nitrogen and oxygen atoms in total. The monoisotopic (exact) mass is 354 g/mol. The van der Waals surface area contributed by atoms with Gasteiger partial charge in [-0.25, -0.2) is 0 Å². The molecule has 2 aromatic rings. The van der Waals surface area contributed by atoms with Gasteiger partial charge in [0.2, 0.25) is 11.8 Å². The van der Waals surface area contributed by atoms with Crippen LogP contribution in [-0.2, 0) is 9.59 Å². The van der Waals surface area contributed by atoms with Crippen molar-refractivity contribution in [2.45, 2.75) is 30.7 Å². The quantitative estimate of drug-likeness (QED) is 0.859. The number of para-hydroxylation sites is 1. The average Bonchev–Trinajstić information content (AvgIpc) is 2.64. The first-order valence-corrected chi connectivity index (χ1v) is 9.50. The molecular weight excluding hydrogens is 332 g/mol. The molecule has 130 valence electrons. The van der Waals surface area contributed by atoms with Crippen molar-refractivity contribution < 1.29 is 9.59 Å². The van der Waals surface area contributed by atoms with Crippen molar-refractivity contribution >= 4 is 29.3 Å². The molecule has 0 saturated carbocycles. The van der Waals surface area contributed by atoms with Crippen molar-refractivity contribution in [2.75, 3.05) is 17.2 Å². The molecule has 1 atom stereocenters. The number of hydrogen-bond donors (Lipinski definition) is 1. The lowest BCUT2D eigenvalue weighted by molar-refractivity contribution is -0.122. The second-order valence-electron chi connectivity index (χ2n) is 6.11. The van der Waals surface area contributed by atoms with Crippen LogP contribution in [0.2, 0.25) is 0 Å². The highest BCUT2D eigenvalue weighted by Crippen LogP contribution is 2.34. The SMILES string of the molecule is C[C@H](NC(=O)CCCN1C(=O)CSc2ccccc21)c1ccccc1. The van der Waals surface area contributed by atoms with E-state index in [0.717, 1.165) is 16.1 Å². The van der Waals surface area contributed by atoms with Gasteiger partial charge >= 0.3 is 0 Å². The van der Waals surface area contributed by atoms with Gasteiger partial charge in [-0.1, -0.05) is 42.5 Å². The Labute approximate surface area is 152 Å². The average molecular weight is 354 g/mol. The molecule has 2 amide bonds. The first-order chi connectivity index (χ1) is 12.1. The second-order valence-corrected chi connectivity index (χ2v) is 7.12. The standard InChI is InChI=1S/C20H22N2O2S/c1-15(16-8-3-2-4-9-16)21-19(23)12-7-13-22-17-10-5-6-11-18(17)25-14-20(22)24/h2-6,8-11,15H,7,12-14H2,1H3,(H,21,23)/t15-/m0/s1. The van der Waals surface area contributed by atoms with Crippen LogP contribution in [0.4, 0.5) is 5.69 Å². The molecule has 0 saturated heterocycles. The molecule has 0 bridgehead atoms. The Morgan fingerprint density at radius 2 is 1.88 bits per heavy atom. The summed E-state index contributed by atoms with van der Waals surface area (Å²) in [5.74, 6) is 0.596. The van der Waals surface area contributed by atoms with E-state index in [1.54, 1.807) is 16.7 Å². The molecule has 0 aromatic heterocycles. The summed E-state index contributed by atoms with van der Waals surface area (Å²) in [6.45, 7) is 2.55. The minimum atomic E-state index is -0.0116. The number of anilines is 1. The summed E-state index contributed by atoms with van der Waals surface area (Å²) in [4.78, 5) is 27.3. The third kappa shape index (κ3) is 4.42. The highest BCUT2D eigenvalue weighted by Gasteiger charge is 2.24. The summed E-state index contributed by atoms with van der Waals surface area (Å²) in [6, 6.07) is 17.8. The van der Waals surface area contributed by atoms with E-state index >= 15 is 0 Å². The van der Waals surface area contributed by atoms with Crippen LogP contribution in [0.5, 0.6) is 0 Å². The summed E-state index contributed by atoms with van der Waals surface area (Å²) < 4.78 is 0. The first-order valence-electron chi connectivity index (χ1n) is 8.51. The Kier molecular flexibility index (Phi) is 5.76. The van der Waals surface area contributed by atoms with E-state index in [1.165, 1.54) is 0 Å². The number of fused-ring (bicyclic) bond motifs is 1. The molecular formula is C20H22N2O2S. The van der Waals surface area contributed by atoms with Gasteiger partial charge in [0.25, 0.3) is 0 Å². The number of benzene rings is 2. The van der Waals surface area contributed by atoms with Crippen LogP contribution in [0.25, 0.3) is 0 Å². The fourth-order valence-electron chi connectivity index (χ4n) is 2.94. The number of nitrogens with zero attached hydrogens (tertiary/aromatic N) is 1. The van der Waals surface area contributed by atoms with Crippen LogP contribution >= 0.6 is 11.8 Å². The largest absolute Gasteiger partial charge is 0.350 e. The third-order valence-electron chi connectivity index (χ3n) is 4.27. The van der Waals surface area contributed by atoms with Crippen molar-refractivity contribution in [1.82, 2.24) is 5.32 Å². The van der Waals surface area contributed by atoms with Crippen molar-refractivity contribution in [1.29, 1.82) is 0 Å². The second kappa shape index (κ2) is 8.21. The Balaban J connectivity index is 1.51. The maximum atomic E-state index is 12.2. The van der Waals surface area contributed by atoms with E-state index in [1.807, 2.05) is 61.5 Å². The molecule has 0 radical (unpaired) electrons. The fourth-order valence-corrected chi connectivity index (χ4v) is 3.87. The van der Waals surface area contributed by atoms with E-state index < -0.39 is 0 Å². The molecule has 0 unspecified atom stereocenters. The van der Waals surface area contributed by atoms with Crippen LogP contribution in [0.1, 0.15) is 31.4 Å². The molecule has 0 aliphatic carbocycles. The number of nitrogens with one attached hydrogen (secondary N) is 1. The number of hydrogen-bond acceptors (Lipinski definition) is 3. The van der Waals surface area contributed by atoms with Gasteiger partial charge in [-0.3, -0.25) is 9.59 Å². The summed E-state index contributed by atoms with van der Waals surface area (Å²) >= 11 is 1.58. The van der Waals surface area contributed by atoms with Gasteiger partial charge in [0.15, 0.2) is 0 Å². The molecule has 5 heteroatoms. The van der Waals surface area contributed by atoms with Gasteiger partial charge in [0.05, 0.1) is 17.5 Å². The van der Waals surface area contributed by atoms with E-state index in [9.17, 15) is 9.59 Å². The normalized spacial score (nSPS) is 14.8. The molecule has 1 aliphatic heterocycles. The minimum Gasteiger partial charge on any atom is -0.350 e. The molecule has 1 N–H and O–H groups in total. The maximum absolute atomic E-state index is 12.2. The Hall–Kier alpha value is -2.27. The smallest absolute Gasteiger partial charge is 0.237 e. The Morgan fingerprint density at radius 3 is 2.68 bits per heavy atom. The van der Waals surface area contributed by atoms with Gasteiger partial charge in [-0.15, -0.1) is 11.8 Å². The van der Waals surface area contributed by atoms with E-state index in [2.05, 4.69) is 5.32 Å². The summed E-state index contributed by atoms with van der Waals surface area (Å²) in [5.41, 5.74) is 2.05. The van der Waals surface area contributed by atoms with Crippen LogP contribution < -0.4 is 10.2 Å². The molecule has 0 fully saturated rings. The summed E-state index contributed by atoms with van der Waals surface area (Å²) in [7, 11) is 0. The Bertz CT molecular complexity index is 748. The highest BCUT2D eigenvalue weighted by molar-refractivity contribution is 8.00. The number of rotatable bonds is 6. The van der Waals surface area contributed by atoms with E-state index in [4.69, 9.17) is 0 Å². The predicted molar refractivity (Wildman–Crippen MR) is 102 cm³/mol. The number of carbonyl (C=O) groups excluding carboxylic acids is 2. The van der Waals surface area contributed by atoms with Crippen molar-refractivity contribution in [2.24, 2.45) is 0 Å². The zero-order valence-electron chi connectivity index (χ0n) is 14.3. The third-order valence-corrected chi connectivity index (χ3v) is 5.32. The lowest BCUT2D eigenvalue weighted by Crippen LogP contribution is -2.36. The molecule has 3 rings (SSSR count). The van der Waals surface area contributed by atoms with Gasteiger partial charge in [-0.2, -0.15) is 0 Å². The van der Waals surface area contributed by atoms with Crippen LogP contribution in [0.3, 0.4) is 0 Å². The molecule has 25 heavy (non-hydrogen) atoms. The van der Waals surface area contributed by atoms with Crippen LogP contribution in [0, 0.1) is 0 Å². The van der Waals surface area contributed by atoms with Crippen molar-refractivity contribution in [3.8, 4) is 0 Å². The molecule has 1 aliphatic rings. The highest BCUT2D eigenvalue weighted by atomic mass is 32.2. The number of amides is 2. The summed E-state index contributed by atoms with van der Waals surface area (Å²) in [5, 5.41) is 3.02. The zero-order chi connectivity index (χ0) is 17.6. The van der Waals surface area contributed by atoms with Gasteiger partial charge in [-0.05, 0) is 31.0 Å². The zero-order valence-corrected chi connectivity index (χ0v) is 15.1. The molecule has 1 heterocycles. The van der Waals surface area contributed by atoms with Gasteiger partial charge < -0.3 is 10.2 Å². The lowest BCUT2D eigenvalue weighted by Gasteiger charge is -2.28. The Morgan fingerprint density at radius 1 is 1.16 bits per heavy atom. The topological polar surface area (TPSA) is 49.4 Å². The van der Waals surface area contributed by atoms with E-state index in [0.29, 0.717) is 25.1 Å². The number of carbonyl (C=O) groups is 2. The van der Waals surface area contributed by atoms with Gasteiger partial charge in [0.1, 0.15) is 0 Å². The van der Waals surface area contributed by atoms with Crippen molar-refractivity contribution in [3.63, 3.8) is 0 Å². The lowest BCUT2D eigenvalue weighted by atomic mass is 10.1. The van der Waals surface area contributed by atoms with E-state index in [-0.39, 0.29) is 17.9 Å². The molecule has 2 aromatic carbocycles. The number of thioether (sulfide) groups is 1. The summed E-state index contributed by atoms with van der Waals surface area (Å²) in [6.07, 6.45) is 1.06. The fraction of sp³-hybridized carbons (Fsp3) is 0.300. The van der Waals surface area contributed by atoms with Crippen LogP contribution in [0.15, 0.2) is 59.5 Å². The van der Waals surface area contributed by atoms with Crippen molar-refractivity contribution in [3.05, 3.63) is 60.2 Å².